The molecule has 0 bridgehead atoms. The molecule has 0 aliphatic heterocycles. The average Bonchev–Trinajstić information content (AvgIpc) is 2.31. The summed E-state index contributed by atoms with van der Waals surface area (Å²) in [5.41, 5.74) is 1.27. The Morgan fingerprint density at radius 1 is 1.61 bits per heavy atom. The first-order valence-corrected chi connectivity index (χ1v) is 6.34. The van der Waals surface area contributed by atoms with Crippen LogP contribution in [0.5, 0.6) is 0 Å². The van der Waals surface area contributed by atoms with E-state index in [1.54, 1.807) is 18.2 Å². The number of rotatable bonds is 5. The molecule has 1 unspecified atom stereocenters. The summed E-state index contributed by atoms with van der Waals surface area (Å²) in [5.74, 6) is -0.937. The van der Waals surface area contributed by atoms with E-state index >= 15 is 0 Å². The molecule has 1 aromatic carbocycles. The van der Waals surface area contributed by atoms with E-state index in [1.165, 1.54) is 0 Å². The molecule has 0 heterocycles. The number of aromatic carboxylic acids is 1. The zero-order valence-electron chi connectivity index (χ0n) is 10.4. The highest BCUT2D eigenvalue weighted by molar-refractivity contribution is 9.10. The Balaban J connectivity index is 2.80. The van der Waals surface area contributed by atoms with Gasteiger partial charge >= 0.3 is 5.97 Å². The molecule has 0 amide bonds. The minimum Gasteiger partial charge on any atom is -0.478 e. The highest BCUT2D eigenvalue weighted by Crippen LogP contribution is 2.21. The Kier molecular flexibility index (Phi) is 5.32. The summed E-state index contributed by atoms with van der Waals surface area (Å²) in [6, 6.07) is 7.29. The minimum absolute atomic E-state index is 0.168. The fourth-order valence-electron chi connectivity index (χ4n) is 1.52. The molecule has 96 valence electrons. The maximum absolute atomic E-state index is 10.8. The summed E-state index contributed by atoms with van der Waals surface area (Å²) in [6.45, 7) is 2.66. The standard InChI is InChI=1S/C13H15BrN2O2/c1-9(5-6-15)16(2)8-11-4-3-10(13(17)18)7-12(11)14/h3-4,7,9H,5,8H2,1-2H3,(H,17,18). The SMILES string of the molecule is CC(CC#N)N(C)Cc1ccc(C(=O)O)cc1Br. The number of benzene rings is 1. The summed E-state index contributed by atoms with van der Waals surface area (Å²) < 4.78 is 0.776. The molecule has 0 saturated carbocycles. The van der Waals surface area contributed by atoms with Crippen molar-refractivity contribution >= 4 is 21.9 Å². The van der Waals surface area contributed by atoms with Gasteiger partial charge in [-0.25, -0.2) is 4.79 Å². The molecule has 1 rings (SSSR count). The van der Waals surface area contributed by atoms with Crippen molar-refractivity contribution in [3.05, 3.63) is 33.8 Å². The van der Waals surface area contributed by atoms with E-state index in [4.69, 9.17) is 10.4 Å². The summed E-state index contributed by atoms with van der Waals surface area (Å²) in [5, 5.41) is 17.5. The van der Waals surface area contributed by atoms with Crippen molar-refractivity contribution in [1.82, 2.24) is 4.90 Å². The smallest absolute Gasteiger partial charge is 0.335 e. The van der Waals surface area contributed by atoms with Crippen LogP contribution >= 0.6 is 15.9 Å². The maximum Gasteiger partial charge on any atom is 0.335 e. The van der Waals surface area contributed by atoms with E-state index in [9.17, 15) is 4.79 Å². The number of nitriles is 1. The number of carbonyl (C=O) groups is 1. The Hall–Kier alpha value is -1.38. The number of halogens is 1. The van der Waals surface area contributed by atoms with Gasteiger partial charge in [0.05, 0.1) is 18.1 Å². The highest BCUT2D eigenvalue weighted by atomic mass is 79.9. The zero-order valence-corrected chi connectivity index (χ0v) is 11.9. The van der Waals surface area contributed by atoms with Crippen LogP contribution in [0.15, 0.2) is 22.7 Å². The summed E-state index contributed by atoms with van der Waals surface area (Å²) in [6.07, 6.45) is 0.474. The topological polar surface area (TPSA) is 64.3 Å². The van der Waals surface area contributed by atoms with Crippen LogP contribution in [-0.2, 0) is 6.54 Å². The molecule has 0 spiro atoms. The van der Waals surface area contributed by atoms with Crippen LogP contribution in [0.3, 0.4) is 0 Å². The first-order valence-electron chi connectivity index (χ1n) is 5.54. The minimum atomic E-state index is -0.937. The molecule has 0 aliphatic carbocycles. The van der Waals surface area contributed by atoms with E-state index < -0.39 is 5.97 Å². The molecular weight excluding hydrogens is 296 g/mol. The monoisotopic (exact) mass is 310 g/mol. The van der Waals surface area contributed by atoms with Crippen LogP contribution in [0.1, 0.15) is 29.3 Å². The van der Waals surface area contributed by atoms with Crippen LogP contribution in [-0.4, -0.2) is 29.1 Å². The van der Waals surface area contributed by atoms with Gasteiger partial charge in [0.1, 0.15) is 0 Å². The third kappa shape index (κ3) is 3.83. The molecule has 0 aliphatic rings. The maximum atomic E-state index is 10.8. The molecule has 5 heteroatoms. The van der Waals surface area contributed by atoms with Crippen molar-refractivity contribution in [2.45, 2.75) is 25.9 Å². The van der Waals surface area contributed by atoms with Crippen molar-refractivity contribution in [3.8, 4) is 6.07 Å². The van der Waals surface area contributed by atoms with E-state index in [1.807, 2.05) is 14.0 Å². The number of nitrogens with zero attached hydrogens (tertiary/aromatic N) is 2. The highest BCUT2D eigenvalue weighted by Gasteiger charge is 2.12. The van der Waals surface area contributed by atoms with Crippen molar-refractivity contribution in [2.24, 2.45) is 0 Å². The van der Waals surface area contributed by atoms with Gasteiger partial charge in [0.2, 0.25) is 0 Å². The first kappa shape index (κ1) is 14.7. The van der Waals surface area contributed by atoms with Gasteiger partial charge in [0, 0.05) is 17.1 Å². The summed E-state index contributed by atoms with van der Waals surface area (Å²) in [4.78, 5) is 12.9. The Bertz CT molecular complexity index is 482. The van der Waals surface area contributed by atoms with Gasteiger partial charge in [-0.1, -0.05) is 22.0 Å². The van der Waals surface area contributed by atoms with Crippen LogP contribution in [0, 0.1) is 11.3 Å². The van der Waals surface area contributed by atoms with E-state index in [0.29, 0.717) is 13.0 Å². The van der Waals surface area contributed by atoms with Gasteiger partial charge in [-0.3, -0.25) is 4.90 Å². The molecule has 18 heavy (non-hydrogen) atoms. The zero-order chi connectivity index (χ0) is 13.7. The summed E-state index contributed by atoms with van der Waals surface area (Å²) >= 11 is 3.38. The van der Waals surface area contributed by atoms with E-state index in [-0.39, 0.29) is 11.6 Å². The fourth-order valence-corrected chi connectivity index (χ4v) is 2.03. The Morgan fingerprint density at radius 2 is 2.28 bits per heavy atom. The average molecular weight is 311 g/mol. The van der Waals surface area contributed by atoms with Crippen molar-refractivity contribution in [2.75, 3.05) is 7.05 Å². The molecule has 0 radical (unpaired) electrons. The molecule has 0 aromatic heterocycles. The van der Waals surface area contributed by atoms with Gasteiger partial charge in [0.15, 0.2) is 0 Å². The van der Waals surface area contributed by atoms with Crippen molar-refractivity contribution in [3.63, 3.8) is 0 Å². The fraction of sp³-hybridized carbons (Fsp3) is 0.385. The second-order valence-electron chi connectivity index (χ2n) is 4.24. The molecular formula is C13H15BrN2O2. The van der Waals surface area contributed by atoms with Gasteiger partial charge in [0.25, 0.3) is 0 Å². The third-order valence-electron chi connectivity index (χ3n) is 2.86. The second kappa shape index (κ2) is 6.53. The lowest BCUT2D eigenvalue weighted by Crippen LogP contribution is -2.28. The predicted octanol–water partition coefficient (Wildman–Crippen LogP) is 2.88. The molecule has 1 atom stereocenters. The Morgan fingerprint density at radius 3 is 2.78 bits per heavy atom. The van der Waals surface area contributed by atoms with E-state index in [0.717, 1.165) is 10.0 Å². The lowest BCUT2D eigenvalue weighted by molar-refractivity contribution is 0.0697. The second-order valence-corrected chi connectivity index (χ2v) is 5.09. The normalized spacial score (nSPS) is 12.2. The van der Waals surface area contributed by atoms with Gasteiger partial charge in [-0.2, -0.15) is 5.26 Å². The van der Waals surface area contributed by atoms with Gasteiger partial charge < -0.3 is 5.11 Å². The summed E-state index contributed by atoms with van der Waals surface area (Å²) in [7, 11) is 1.94. The van der Waals surface area contributed by atoms with Crippen molar-refractivity contribution < 1.29 is 9.90 Å². The lowest BCUT2D eigenvalue weighted by atomic mass is 10.1. The molecule has 4 nitrogen and oxygen atoms in total. The quantitative estimate of drug-likeness (QED) is 0.908. The number of carboxylic acids is 1. The van der Waals surface area contributed by atoms with Crippen LogP contribution in [0.4, 0.5) is 0 Å². The third-order valence-corrected chi connectivity index (χ3v) is 3.60. The van der Waals surface area contributed by atoms with Gasteiger partial charge in [-0.05, 0) is 31.7 Å². The van der Waals surface area contributed by atoms with Crippen LogP contribution in [0.25, 0.3) is 0 Å². The van der Waals surface area contributed by atoms with Gasteiger partial charge in [-0.15, -0.1) is 0 Å². The Labute approximate surface area is 115 Å². The number of hydrogen-bond donors (Lipinski definition) is 1. The van der Waals surface area contributed by atoms with E-state index in [2.05, 4.69) is 26.9 Å². The first-order chi connectivity index (χ1) is 8.45. The molecule has 0 saturated heterocycles. The lowest BCUT2D eigenvalue weighted by Gasteiger charge is -2.23. The molecule has 0 fully saturated rings. The predicted molar refractivity (Wildman–Crippen MR) is 72.3 cm³/mol. The number of carboxylic acid groups (broad SMARTS) is 1. The molecule has 1 N–H and O–H groups in total. The number of hydrogen-bond acceptors (Lipinski definition) is 3. The van der Waals surface area contributed by atoms with Crippen LogP contribution in [0.2, 0.25) is 0 Å². The largest absolute Gasteiger partial charge is 0.478 e. The van der Waals surface area contributed by atoms with Crippen LogP contribution < -0.4 is 0 Å². The molecule has 1 aromatic rings. The van der Waals surface area contributed by atoms with Crippen molar-refractivity contribution in [1.29, 1.82) is 5.26 Å².